The summed E-state index contributed by atoms with van der Waals surface area (Å²) in [6.07, 6.45) is 10.0. The standard InChI is InChI=1S/C22H26N2O2.C2H6/c1-4-7-9-16(6-3)13-24-21(26)14-23-20-12-17(15-25)10-11-18(20)19(8-5-2)22(23)24;1-2/h6-7,9-12,15H,4-5,8,13-14H2,1-3H3;1-2H3/b9-7-,16-6+;. The number of hydrogen-bond acceptors (Lipinski definition) is 2. The Morgan fingerprint density at radius 1 is 1.21 bits per heavy atom. The molecule has 0 bridgehead atoms. The molecule has 0 unspecified atom stereocenters. The molecule has 4 heteroatoms. The van der Waals surface area contributed by atoms with Crippen molar-refractivity contribution in [3.63, 3.8) is 0 Å². The molecular formula is C24H32N2O2. The molecule has 0 atom stereocenters. The van der Waals surface area contributed by atoms with Gasteiger partial charge in [0, 0.05) is 16.5 Å². The fourth-order valence-corrected chi connectivity index (χ4v) is 3.66. The van der Waals surface area contributed by atoms with Crippen LogP contribution in [0.15, 0.2) is 42.0 Å². The average Bonchev–Trinajstić information content (AvgIpc) is 3.20. The number of benzene rings is 1. The first-order valence-electron chi connectivity index (χ1n) is 10.4. The smallest absolute Gasteiger partial charge is 0.248 e. The van der Waals surface area contributed by atoms with Crippen LogP contribution in [0.3, 0.4) is 0 Å². The predicted octanol–water partition coefficient (Wildman–Crippen LogP) is 5.69. The van der Waals surface area contributed by atoms with Gasteiger partial charge in [0.25, 0.3) is 0 Å². The molecule has 150 valence electrons. The first-order chi connectivity index (χ1) is 13.6. The zero-order valence-corrected chi connectivity index (χ0v) is 17.8. The maximum Gasteiger partial charge on any atom is 0.248 e. The molecule has 2 heterocycles. The number of allylic oxidation sites excluding steroid dienone is 2. The normalized spacial score (nSPS) is 13.8. The van der Waals surface area contributed by atoms with Crippen molar-refractivity contribution in [2.45, 2.75) is 60.4 Å². The van der Waals surface area contributed by atoms with Gasteiger partial charge in [-0.15, -0.1) is 0 Å². The number of carbonyl (C=O) groups is 2. The van der Waals surface area contributed by atoms with Crippen LogP contribution in [0.2, 0.25) is 0 Å². The van der Waals surface area contributed by atoms with E-state index in [0.29, 0.717) is 18.7 Å². The molecule has 1 aromatic carbocycles. The van der Waals surface area contributed by atoms with Crippen LogP contribution in [0.4, 0.5) is 5.82 Å². The minimum absolute atomic E-state index is 0.111. The van der Waals surface area contributed by atoms with Crippen LogP contribution in [-0.2, 0) is 17.8 Å². The highest BCUT2D eigenvalue weighted by molar-refractivity contribution is 6.05. The lowest BCUT2D eigenvalue weighted by atomic mass is 10.1. The third kappa shape index (κ3) is 4.11. The summed E-state index contributed by atoms with van der Waals surface area (Å²) in [7, 11) is 0. The highest BCUT2D eigenvalue weighted by Gasteiger charge is 2.32. The summed E-state index contributed by atoms with van der Waals surface area (Å²) in [6, 6.07) is 5.78. The van der Waals surface area contributed by atoms with Crippen molar-refractivity contribution >= 4 is 28.9 Å². The molecular weight excluding hydrogens is 348 g/mol. The number of aryl methyl sites for hydroxylation is 1. The Bertz CT molecular complexity index is 903. The van der Waals surface area contributed by atoms with Gasteiger partial charge in [-0.2, -0.15) is 0 Å². The summed E-state index contributed by atoms with van der Waals surface area (Å²) < 4.78 is 2.08. The zero-order valence-electron chi connectivity index (χ0n) is 17.8. The van der Waals surface area contributed by atoms with Crippen LogP contribution in [0.5, 0.6) is 0 Å². The van der Waals surface area contributed by atoms with Crippen LogP contribution in [0.1, 0.15) is 63.4 Å². The Kier molecular flexibility index (Phi) is 7.80. The van der Waals surface area contributed by atoms with Gasteiger partial charge in [0.15, 0.2) is 0 Å². The van der Waals surface area contributed by atoms with Crippen molar-refractivity contribution in [3.8, 4) is 0 Å². The first kappa shape index (κ1) is 21.7. The SMILES string of the molecule is C/C=C(\C=C/CC)CN1C(=O)Cn2c1c(CCC)c1ccc(C=O)cc12.CC. The number of aromatic nitrogens is 1. The first-order valence-corrected chi connectivity index (χ1v) is 10.4. The Hall–Kier alpha value is -2.62. The molecule has 1 amide bonds. The highest BCUT2D eigenvalue weighted by Crippen LogP contribution is 2.38. The maximum absolute atomic E-state index is 12.8. The van der Waals surface area contributed by atoms with Gasteiger partial charge in [0.05, 0.1) is 12.1 Å². The van der Waals surface area contributed by atoms with Gasteiger partial charge in [-0.25, -0.2) is 0 Å². The summed E-state index contributed by atoms with van der Waals surface area (Å²) in [5.74, 6) is 1.11. The number of aldehydes is 1. The second-order valence-electron chi connectivity index (χ2n) is 6.69. The molecule has 2 aromatic rings. The number of nitrogens with zero attached hydrogens (tertiary/aromatic N) is 2. The fraction of sp³-hybridized carbons (Fsp3) is 0.417. The van der Waals surface area contributed by atoms with Gasteiger partial charge in [-0.1, -0.05) is 64.5 Å². The molecule has 0 spiro atoms. The van der Waals surface area contributed by atoms with Gasteiger partial charge >= 0.3 is 0 Å². The van der Waals surface area contributed by atoms with Gasteiger partial charge in [0.2, 0.25) is 5.91 Å². The van der Waals surface area contributed by atoms with Gasteiger partial charge in [-0.05, 0) is 31.4 Å². The van der Waals surface area contributed by atoms with E-state index in [1.165, 1.54) is 5.56 Å². The van der Waals surface area contributed by atoms with Crippen molar-refractivity contribution in [1.82, 2.24) is 4.57 Å². The molecule has 4 nitrogen and oxygen atoms in total. The third-order valence-corrected chi connectivity index (χ3v) is 4.93. The summed E-state index contributed by atoms with van der Waals surface area (Å²) in [5, 5.41) is 1.15. The number of amides is 1. The Labute approximate surface area is 168 Å². The molecule has 28 heavy (non-hydrogen) atoms. The molecule has 1 aliphatic heterocycles. The molecule has 0 N–H and O–H groups in total. The third-order valence-electron chi connectivity index (χ3n) is 4.93. The van der Waals surface area contributed by atoms with Gasteiger partial charge < -0.3 is 4.57 Å². The summed E-state index contributed by atoms with van der Waals surface area (Å²) in [6.45, 7) is 11.2. The fourth-order valence-electron chi connectivity index (χ4n) is 3.66. The van der Waals surface area contributed by atoms with Gasteiger partial charge in [-0.3, -0.25) is 14.5 Å². The monoisotopic (exact) mass is 380 g/mol. The van der Waals surface area contributed by atoms with Crippen LogP contribution < -0.4 is 4.90 Å². The second-order valence-corrected chi connectivity index (χ2v) is 6.69. The molecule has 0 saturated carbocycles. The molecule has 0 saturated heterocycles. The molecule has 1 aromatic heterocycles. The maximum atomic E-state index is 12.8. The van der Waals surface area contributed by atoms with Crippen LogP contribution >= 0.6 is 0 Å². The second kappa shape index (κ2) is 10.1. The Morgan fingerprint density at radius 2 is 1.96 bits per heavy atom. The van der Waals surface area contributed by atoms with Crippen molar-refractivity contribution in [2.24, 2.45) is 0 Å². The van der Waals surface area contributed by atoms with Gasteiger partial charge in [0.1, 0.15) is 18.6 Å². The van der Waals surface area contributed by atoms with E-state index in [1.807, 2.05) is 43.9 Å². The Morgan fingerprint density at radius 3 is 2.57 bits per heavy atom. The molecule has 0 aliphatic carbocycles. The molecule has 0 radical (unpaired) electrons. The van der Waals surface area contributed by atoms with E-state index in [-0.39, 0.29) is 5.91 Å². The van der Waals surface area contributed by atoms with E-state index < -0.39 is 0 Å². The van der Waals surface area contributed by atoms with E-state index >= 15 is 0 Å². The molecule has 1 aliphatic rings. The number of rotatable bonds is 7. The lowest BCUT2D eigenvalue weighted by Crippen LogP contribution is -2.29. The minimum atomic E-state index is 0.111. The lowest BCUT2D eigenvalue weighted by Gasteiger charge is -2.18. The average molecular weight is 381 g/mol. The van der Waals surface area contributed by atoms with Crippen molar-refractivity contribution < 1.29 is 9.59 Å². The number of carbonyl (C=O) groups excluding carboxylic acids is 2. The number of fused-ring (bicyclic) bond motifs is 3. The van der Waals surface area contributed by atoms with Crippen molar-refractivity contribution in [3.05, 3.63) is 53.1 Å². The van der Waals surface area contributed by atoms with Crippen LogP contribution in [-0.4, -0.2) is 23.3 Å². The molecule has 3 rings (SSSR count). The largest absolute Gasteiger partial charge is 0.317 e. The topological polar surface area (TPSA) is 42.3 Å². The van der Waals surface area contributed by atoms with Crippen LogP contribution in [0.25, 0.3) is 10.9 Å². The number of hydrogen-bond donors (Lipinski definition) is 0. The van der Waals surface area contributed by atoms with E-state index in [9.17, 15) is 9.59 Å². The highest BCUT2D eigenvalue weighted by atomic mass is 16.2. The van der Waals surface area contributed by atoms with Crippen molar-refractivity contribution in [1.29, 1.82) is 0 Å². The van der Waals surface area contributed by atoms with Crippen LogP contribution in [0, 0.1) is 0 Å². The van der Waals surface area contributed by atoms with E-state index in [0.717, 1.165) is 47.8 Å². The summed E-state index contributed by atoms with van der Waals surface area (Å²) in [5.41, 5.74) is 3.97. The quantitative estimate of drug-likeness (QED) is 0.457. The molecule has 0 fully saturated rings. The Balaban J connectivity index is 0.00000136. The lowest BCUT2D eigenvalue weighted by molar-refractivity contribution is -0.117. The van der Waals surface area contributed by atoms with E-state index in [4.69, 9.17) is 0 Å². The summed E-state index contributed by atoms with van der Waals surface area (Å²) in [4.78, 5) is 25.9. The van der Waals surface area contributed by atoms with Crippen molar-refractivity contribution in [2.75, 3.05) is 11.4 Å². The zero-order chi connectivity index (χ0) is 20.7. The van der Waals surface area contributed by atoms with E-state index in [1.54, 1.807) is 0 Å². The summed E-state index contributed by atoms with van der Waals surface area (Å²) >= 11 is 0. The minimum Gasteiger partial charge on any atom is -0.317 e. The van der Waals surface area contributed by atoms with E-state index in [2.05, 4.69) is 36.6 Å². The predicted molar refractivity (Wildman–Crippen MR) is 118 cm³/mol. The number of anilines is 1.